The van der Waals surface area contributed by atoms with Gasteiger partial charge < -0.3 is 5.11 Å². The number of carbonyl (C=O) groups is 1. The van der Waals surface area contributed by atoms with Crippen LogP contribution in [0.2, 0.25) is 0 Å². The first-order valence-corrected chi connectivity index (χ1v) is 17.2. The lowest BCUT2D eigenvalue weighted by atomic mass is 9.79. The number of hydrogen-bond acceptors (Lipinski definition) is 4. The molecule has 1 N–H and O–H groups in total. The molecule has 0 aliphatic rings. The number of aromatic nitrogens is 3. The number of carboxylic acid groups (broad SMARTS) is 1. The van der Waals surface area contributed by atoms with Gasteiger partial charge in [-0.25, -0.2) is 19.7 Å². The number of para-hydroxylation sites is 2. The van der Waals surface area contributed by atoms with Gasteiger partial charge in [-0.1, -0.05) is 127 Å². The van der Waals surface area contributed by atoms with E-state index in [4.69, 9.17) is 9.97 Å². The highest BCUT2D eigenvalue weighted by Gasteiger charge is 2.28. The van der Waals surface area contributed by atoms with Crippen molar-refractivity contribution in [2.24, 2.45) is 0 Å². The van der Waals surface area contributed by atoms with E-state index in [2.05, 4.69) is 108 Å². The molecule has 5 nitrogen and oxygen atoms in total. The fourth-order valence-corrected chi connectivity index (χ4v) is 6.71. The van der Waals surface area contributed by atoms with Crippen LogP contribution in [0.1, 0.15) is 68.7 Å². The highest BCUT2D eigenvalue weighted by Crippen LogP contribution is 2.47. The average Bonchev–Trinajstić information content (AvgIpc) is 3.12. The highest BCUT2D eigenvalue weighted by atomic mass is 16.4. The van der Waals surface area contributed by atoms with Gasteiger partial charge in [0.2, 0.25) is 0 Å². The molecule has 0 amide bonds. The molecule has 0 saturated heterocycles. The van der Waals surface area contributed by atoms with Crippen molar-refractivity contribution in [3.63, 3.8) is 0 Å². The van der Waals surface area contributed by atoms with Crippen LogP contribution in [0.25, 0.3) is 72.7 Å². The summed E-state index contributed by atoms with van der Waals surface area (Å²) < 4.78 is 0. The van der Waals surface area contributed by atoms with E-state index < -0.39 is 5.97 Å². The van der Waals surface area contributed by atoms with Crippen LogP contribution in [0.15, 0.2) is 122 Å². The zero-order valence-corrected chi connectivity index (χ0v) is 30.0. The van der Waals surface area contributed by atoms with E-state index in [0.717, 1.165) is 77.7 Å². The number of benzene rings is 4. The van der Waals surface area contributed by atoms with Crippen LogP contribution in [0, 0.1) is 0 Å². The van der Waals surface area contributed by atoms with Gasteiger partial charge in [0, 0.05) is 44.8 Å². The Kier molecular flexibility index (Phi) is 8.39. The van der Waals surface area contributed by atoms with Crippen LogP contribution in [0.3, 0.4) is 0 Å². The SMILES string of the molecule is C=Cc1cnc(C(=O)O)c(-c2cc(C(C)(C)C)ccc2-c2ccc3ccccc3n2)c1-c1cc(C(C)(C)C)ccc1-c1ccc2ccccc2n1. The van der Waals surface area contributed by atoms with E-state index in [1.165, 1.54) is 0 Å². The summed E-state index contributed by atoms with van der Waals surface area (Å²) in [6.07, 6.45) is 3.39. The van der Waals surface area contributed by atoms with E-state index in [-0.39, 0.29) is 16.5 Å². The zero-order valence-electron chi connectivity index (χ0n) is 30.0. The molecule has 0 radical (unpaired) electrons. The molecule has 5 heteroatoms. The average molecular weight is 668 g/mol. The Labute approximate surface area is 299 Å². The lowest BCUT2D eigenvalue weighted by molar-refractivity contribution is 0.0691. The maximum Gasteiger partial charge on any atom is 0.355 e. The van der Waals surface area contributed by atoms with E-state index >= 15 is 0 Å². The maximum absolute atomic E-state index is 13.3. The molecule has 0 saturated carbocycles. The molecule has 0 bridgehead atoms. The maximum atomic E-state index is 13.3. The van der Waals surface area contributed by atoms with Crippen LogP contribution in [-0.4, -0.2) is 26.0 Å². The smallest absolute Gasteiger partial charge is 0.355 e. The van der Waals surface area contributed by atoms with E-state index in [1.807, 2.05) is 54.6 Å². The van der Waals surface area contributed by atoms with E-state index in [0.29, 0.717) is 5.56 Å². The molecule has 7 rings (SSSR count). The third kappa shape index (κ3) is 6.32. The number of carboxylic acids is 1. The number of pyridine rings is 3. The minimum atomic E-state index is -1.11. The zero-order chi connectivity index (χ0) is 36.1. The first kappa shape index (κ1) is 33.6. The van der Waals surface area contributed by atoms with Crippen molar-refractivity contribution < 1.29 is 9.90 Å². The fraction of sp³-hybridized carbons (Fsp3) is 0.174. The Hall–Kier alpha value is -5.94. The lowest BCUT2D eigenvalue weighted by Crippen LogP contribution is -2.13. The van der Waals surface area contributed by atoms with Crippen LogP contribution in [-0.2, 0) is 10.8 Å². The summed E-state index contributed by atoms with van der Waals surface area (Å²) in [5.41, 5.74) is 10.3. The second-order valence-electron chi connectivity index (χ2n) is 15.1. The Morgan fingerprint density at radius 1 is 0.608 bits per heavy atom. The molecule has 0 spiro atoms. The molecule has 4 aromatic carbocycles. The predicted molar refractivity (Wildman–Crippen MR) is 211 cm³/mol. The summed E-state index contributed by atoms with van der Waals surface area (Å²) in [5, 5.41) is 12.9. The minimum absolute atomic E-state index is 0.0396. The van der Waals surface area contributed by atoms with Gasteiger partial charge in [-0.3, -0.25) is 0 Å². The molecule has 3 heterocycles. The van der Waals surface area contributed by atoms with Crippen molar-refractivity contribution in [2.45, 2.75) is 52.4 Å². The van der Waals surface area contributed by atoms with Gasteiger partial charge in [0.15, 0.2) is 5.69 Å². The monoisotopic (exact) mass is 667 g/mol. The van der Waals surface area contributed by atoms with Gasteiger partial charge in [0.25, 0.3) is 0 Å². The third-order valence-corrected chi connectivity index (χ3v) is 9.59. The van der Waals surface area contributed by atoms with Gasteiger partial charge in [-0.05, 0) is 69.5 Å². The summed E-state index contributed by atoms with van der Waals surface area (Å²) in [6.45, 7) is 17.2. The summed E-state index contributed by atoms with van der Waals surface area (Å²) in [5.74, 6) is -1.11. The van der Waals surface area contributed by atoms with Gasteiger partial charge in [0.05, 0.1) is 22.4 Å². The number of aromatic carboxylic acids is 1. The van der Waals surface area contributed by atoms with Crippen molar-refractivity contribution >= 4 is 33.9 Å². The highest BCUT2D eigenvalue weighted by molar-refractivity contribution is 6.06. The lowest BCUT2D eigenvalue weighted by Gasteiger charge is -2.26. The Bertz CT molecular complexity index is 2500. The first-order valence-electron chi connectivity index (χ1n) is 17.2. The number of nitrogens with zero attached hydrogens (tertiary/aromatic N) is 3. The minimum Gasteiger partial charge on any atom is -0.476 e. The largest absolute Gasteiger partial charge is 0.476 e. The van der Waals surface area contributed by atoms with Crippen molar-refractivity contribution in [3.8, 4) is 44.8 Å². The molecular weight excluding hydrogens is 627 g/mol. The second kappa shape index (κ2) is 12.7. The number of fused-ring (bicyclic) bond motifs is 2. The van der Waals surface area contributed by atoms with Crippen molar-refractivity contribution in [1.29, 1.82) is 0 Å². The normalized spacial score (nSPS) is 12.0. The van der Waals surface area contributed by atoms with Gasteiger partial charge in [-0.15, -0.1) is 0 Å². The summed E-state index contributed by atoms with van der Waals surface area (Å²) in [4.78, 5) is 28.1. The first-order chi connectivity index (χ1) is 24.3. The predicted octanol–water partition coefficient (Wildman–Crippen LogP) is 11.8. The van der Waals surface area contributed by atoms with Crippen molar-refractivity contribution in [1.82, 2.24) is 15.0 Å². The van der Waals surface area contributed by atoms with Crippen LogP contribution in [0.4, 0.5) is 0 Å². The molecular formula is C46H41N3O2. The van der Waals surface area contributed by atoms with Gasteiger partial charge >= 0.3 is 5.97 Å². The Balaban J connectivity index is 1.63. The molecule has 51 heavy (non-hydrogen) atoms. The standard InChI is InChI=1S/C46H41N3O2/c1-8-28-27-47-43(44(50)51)42(36-26-32(46(5,6)7)20-22-34(36)40-24-18-30-14-10-12-16-38(30)49-40)41(28)35-25-31(45(2,3)4)19-21-33(35)39-23-17-29-13-9-11-15-37(29)48-39/h8-27H,1H2,2-7H3,(H,50,51). The second-order valence-corrected chi connectivity index (χ2v) is 15.1. The van der Waals surface area contributed by atoms with Crippen molar-refractivity contribution in [3.05, 3.63) is 144 Å². The van der Waals surface area contributed by atoms with Crippen LogP contribution in [0.5, 0.6) is 0 Å². The van der Waals surface area contributed by atoms with Gasteiger partial charge in [0.1, 0.15) is 0 Å². The third-order valence-electron chi connectivity index (χ3n) is 9.59. The quantitative estimate of drug-likeness (QED) is 0.191. The molecule has 0 aliphatic carbocycles. The van der Waals surface area contributed by atoms with Crippen LogP contribution >= 0.6 is 0 Å². The molecule has 0 unspecified atom stereocenters. The molecule has 3 aromatic heterocycles. The Morgan fingerprint density at radius 3 is 1.53 bits per heavy atom. The van der Waals surface area contributed by atoms with Crippen LogP contribution < -0.4 is 0 Å². The molecule has 7 aromatic rings. The fourth-order valence-electron chi connectivity index (χ4n) is 6.71. The molecule has 0 aliphatic heterocycles. The molecule has 0 fully saturated rings. The van der Waals surface area contributed by atoms with E-state index in [1.54, 1.807) is 12.3 Å². The Morgan fingerprint density at radius 2 is 1.08 bits per heavy atom. The number of rotatable bonds is 6. The number of hydrogen-bond donors (Lipinski definition) is 1. The summed E-state index contributed by atoms with van der Waals surface area (Å²) in [7, 11) is 0. The van der Waals surface area contributed by atoms with Crippen molar-refractivity contribution in [2.75, 3.05) is 0 Å². The van der Waals surface area contributed by atoms with E-state index in [9.17, 15) is 9.90 Å². The summed E-state index contributed by atoms with van der Waals surface area (Å²) >= 11 is 0. The molecule has 0 atom stereocenters. The topological polar surface area (TPSA) is 76.0 Å². The van der Waals surface area contributed by atoms with Gasteiger partial charge in [-0.2, -0.15) is 0 Å². The summed E-state index contributed by atoms with van der Waals surface area (Å²) in [6, 6.07) is 37.0. The molecule has 252 valence electrons.